The van der Waals surface area contributed by atoms with Crippen LogP contribution >= 0.6 is 0 Å². The predicted octanol–water partition coefficient (Wildman–Crippen LogP) is 4.14. The molecule has 5 heteroatoms. The van der Waals surface area contributed by atoms with Crippen molar-refractivity contribution in [3.63, 3.8) is 0 Å². The summed E-state index contributed by atoms with van der Waals surface area (Å²) < 4.78 is 18.4. The molecule has 4 rings (SSSR count). The van der Waals surface area contributed by atoms with Gasteiger partial charge in [-0.2, -0.15) is 4.98 Å². The van der Waals surface area contributed by atoms with Crippen LogP contribution in [0.3, 0.4) is 0 Å². The Kier molecular flexibility index (Phi) is 3.76. The molecule has 1 aromatic heterocycles. The lowest BCUT2D eigenvalue weighted by atomic mass is 10.00. The van der Waals surface area contributed by atoms with Crippen LogP contribution in [0.5, 0.6) is 0 Å². The van der Waals surface area contributed by atoms with Crippen LogP contribution in [-0.2, 0) is 13.0 Å². The van der Waals surface area contributed by atoms with Gasteiger partial charge in [-0.05, 0) is 55.7 Å². The highest BCUT2D eigenvalue weighted by molar-refractivity contribution is 5.57. The van der Waals surface area contributed by atoms with E-state index in [1.165, 1.54) is 28.9 Å². The number of anilines is 1. The summed E-state index contributed by atoms with van der Waals surface area (Å²) in [6.07, 6.45) is 2.23. The maximum atomic E-state index is 13.0. The Morgan fingerprint density at radius 3 is 2.83 bits per heavy atom. The van der Waals surface area contributed by atoms with Crippen LogP contribution in [-0.4, -0.2) is 16.7 Å². The summed E-state index contributed by atoms with van der Waals surface area (Å²) >= 11 is 0. The van der Waals surface area contributed by atoms with Gasteiger partial charge >= 0.3 is 0 Å². The van der Waals surface area contributed by atoms with Gasteiger partial charge in [0.1, 0.15) is 5.82 Å². The molecule has 2 heterocycles. The lowest BCUT2D eigenvalue weighted by molar-refractivity contribution is 0.375. The summed E-state index contributed by atoms with van der Waals surface area (Å²) in [5.74, 6) is 0.788. The molecule has 0 bridgehead atoms. The zero-order valence-corrected chi connectivity index (χ0v) is 13.5. The molecule has 0 spiro atoms. The Bertz CT molecular complexity index is 857. The SMILES string of the molecule is Cc1ccc2c(c1)CCCN2Cc1nc(-c2ccc(F)cc2)no1. The van der Waals surface area contributed by atoms with E-state index in [0.29, 0.717) is 18.3 Å². The number of benzene rings is 2. The molecule has 0 radical (unpaired) electrons. The molecular weight excluding hydrogens is 305 g/mol. The van der Waals surface area contributed by atoms with Gasteiger partial charge in [0, 0.05) is 17.8 Å². The van der Waals surface area contributed by atoms with E-state index < -0.39 is 0 Å². The van der Waals surface area contributed by atoms with E-state index in [9.17, 15) is 4.39 Å². The summed E-state index contributed by atoms with van der Waals surface area (Å²) in [5, 5.41) is 4.02. The monoisotopic (exact) mass is 323 g/mol. The van der Waals surface area contributed by atoms with E-state index in [-0.39, 0.29) is 5.82 Å². The average Bonchev–Trinajstić information content (AvgIpc) is 3.04. The molecule has 0 aliphatic carbocycles. The minimum atomic E-state index is -0.275. The van der Waals surface area contributed by atoms with Crippen LogP contribution < -0.4 is 4.90 Å². The highest BCUT2D eigenvalue weighted by Crippen LogP contribution is 2.29. The van der Waals surface area contributed by atoms with Crippen LogP contribution in [0.2, 0.25) is 0 Å². The Balaban J connectivity index is 1.56. The molecule has 0 amide bonds. The fraction of sp³-hybridized carbons (Fsp3) is 0.263. The normalized spacial score (nSPS) is 13.8. The van der Waals surface area contributed by atoms with Crippen LogP contribution in [0, 0.1) is 12.7 Å². The lowest BCUT2D eigenvalue weighted by Crippen LogP contribution is -2.28. The van der Waals surface area contributed by atoms with Gasteiger partial charge in [0.05, 0.1) is 6.54 Å². The Morgan fingerprint density at radius 1 is 1.17 bits per heavy atom. The Hall–Kier alpha value is -2.69. The Labute approximate surface area is 139 Å². The van der Waals surface area contributed by atoms with Crippen molar-refractivity contribution in [2.45, 2.75) is 26.3 Å². The first-order valence-corrected chi connectivity index (χ1v) is 8.12. The molecule has 2 aromatic carbocycles. The molecule has 0 saturated carbocycles. The van der Waals surface area contributed by atoms with Gasteiger partial charge in [-0.15, -0.1) is 0 Å². The van der Waals surface area contributed by atoms with Gasteiger partial charge in [0.25, 0.3) is 0 Å². The highest BCUT2D eigenvalue weighted by Gasteiger charge is 2.19. The molecule has 0 atom stereocenters. The first-order valence-electron chi connectivity index (χ1n) is 8.12. The zero-order chi connectivity index (χ0) is 16.5. The van der Waals surface area contributed by atoms with Crippen LogP contribution in [0.1, 0.15) is 23.4 Å². The van der Waals surface area contributed by atoms with Crippen molar-refractivity contribution in [1.29, 1.82) is 0 Å². The number of hydrogen-bond donors (Lipinski definition) is 0. The first-order chi connectivity index (χ1) is 11.7. The molecule has 1 aliphatic rings. The number of rotatable bonds is 3. The lowest BCUT2D eigenvalue weighted by Gasteiger charge is -2.30. The third-order valence-corrected chi connectivity index (χ3v) is 4.35. The summed E-state index contributed by atoms with van der Waals surface area (Å²) in [5.41, 5.74) is 4.65. The van der Waals surface area contributed by atoms with Crippen LogP contribution in [0.15, 0.2) is 47.0 Å². The van der Waals surface area contributed by atoms with Crippen molar-refractivity contribution in [2.24, 2.45) is 0 Å². The number of nitrogens with zero attached hydrogens (tertiary/aromatic N) is 3. The molecule has 24 heavy (non-hydrogen) atoms. The fourth-order valence-electron chi connectivity index (χ4n) is 3.17. The summed E-state index contributed by atoms with van der Waals surface area (Å²) in [4.78, 5) is 6.73. The van der Waals surface area contributed by atoms with Crippen LogP contribution in [0.25, 0.3) is 11.4 Å². The highest BCUT2D eigenvalue weighted by atomic mass is 19.1. The summed E-state index contributed by atoms with van der Waals surface area (Å²) in [6, 6.07) is 12.7. The maximum absolute atomic E-state index is 13.0. The van der Waals surface area contributed by atoms with Gasteiger partial charge in [-0.3, -0.25) is 0 Å². The van der Waals surface area contributed by atoms with E-state index in [2.05, 4.69) is 40.2 Å². The van der Waals surface area contributed by atoms with E-state index in [0.717, 1.165) is 24.9 Å². The predicted molar refractivity (Wildman–Crippen MR) is 90.2 cm³/mol. The third-order valence-electron chi connectivity index (χ3n) is 4.35. The number of aromatic nitrogens is 2. The molecular formula is C19H18FN3O. The second-order valence-corrected chi connectivity index (χ2v) is 6.18. The second-order valence-electron chi connectivity index (χ2n) is 6.18. The van der Waals surface area contributed by atoms with Gasteiger partial charge in [0.2, 0.25) is 11.7 Å². The molecule has 3 aromatic rings. The van der Waals surface area contributed by atoms with Gasteiger partial charge < -0.3 is 9.42 Å². The molecule has 4 nitrogen and oxygen atoms in total. The minimum Gasteiger partial charge on any atom is -0.362 e. The van der Waals surface area contributed by atoms with Gasteiger partial charge in [-0.25, -0.2) is 4.39 Å². The van der Waals surface area contributed by atoms with E-state index >= 15 is 0 Å². The van der Waals surface area contributed by atoms with Gasteiger partial charge in [0.15, 0.2) is 0 Å². The number of fused-ring (bicyclic) bond motifs is 1. The van der Waals surface area contributed by atoms with Crippen molar-refractivity contribution in [1.82, 2.24) is 10.1 Å². The zero-order valence-electron chi connectivity index (χ0n) is 13.5. The molecule has 1 aliphatic heterocycles. The molecule has 0 unspecified atom stereocenters. The van der Waals surface area contributed by atoms with Crippen molar-refractivity contribution >= 4 is 5.69 Å². The molecule has 0 N–H and O–H groups in total. The number of aryl methyl sites for hydroxylation is 2. The van der Waals surface area contributed by atoms with Crippen molar-refractivity contribution in [3.8, 4) is 11.4 Å². The minimum absolute atomic E-state index is 0.275. The standard InChI is InChI=1S/C19H18FN3O/c1-13-4-9-17-15(11-13)3-2-10-23(17)12-18-21-19(22-24-18)14-5-7-16(20)8-6-14/h4-9,11H,2-3,10,12H2,1H3. The van der Waals surface area contributed by atoms with Crippen molar-refractivity contribution in [2.75, 3.05) is 11.4 Å². The third kappa shape index (κ3) is 2.89. The summed E-state index contributed by atoms with van der Waals surface area (Å²) in [6.45, 7) is 3.68. The second kappa shape index (κ2) is 6.07. The molecule has 0 saturated heterocycles. The van der Waals surface area contributed by atoms with Gasteiger partial charge in [-0.1, -0.05) is 22.9 Å². The van der Waals surface area contributed by atoms with E-state index in [4.69, 9.17) is 4.52 Å². The van der Waals surface area contributed by atoms with E-state index in [1.807, 2.05) is 0 Å². The van der Waals surface area contributed by atoms with Crippen molar-refractivity contribution < 1.29 is 8.91 Å². The van der Waals surface area contributed by atoms with Crippen LogP contribution in [0.4, 0.5) is 10.1 Å². The van der Waals surface area contributed by atoms with E-state index in [1.54, 1.807) is 12.1 Å². The quantitative estimate of drug-likeness (QED) is 0.726. The summed E-state index contributed by atoms with van der Waals surface area (Å²) in [7, 11) is 0. The van der Waals surface area contributed by atoms with Crippen molar-refractivity contribution in [3.05, 3.63) is 65.3 Å². The first kappa shape index (κ1) is 14.9. The smallest absolute Gasteiger partial charge is 0.246 e. The average molecular weight is 323 g/mol. The topological polar surface area (TPSA) is 42.2 Å². The fourth-order valence-corrected chi connectivity index (χ4v) is 3.17. The number of halogens is 1. The number of hydrogen-bond acceptors (Lipinski definition) is 4. The molecule has 0 fully saturated rings. The largest absolute Gasteiger partial charge is 0.362 e. The maximum Gasteiger partial charge on any atom is 0.246 e. The molecule has 122 valence electrons. The Morgan fingerprint density at radius 2 is 2.00 bits per heavy atom.